The van der Waals surface area contributed by atoms with Crippen LogP contribution in [-0.4, -0.2) is 4.98 Å². The molecule has 2 nitrogen and oxygen atoms in total. The summed E-state index contributed by atoms with van der Waals surface area (Å²) in [4.78, 5) is 3.00. The van der Waals surface area contributed by atoms with Gasteiger partial charge in [0.1, 0.15) is 5.82 Å². The molecule has 0 saturated carbocycles. The van der Waals surface area contributed by atoms with Gasteiger partial charge < -0.3 is 4.98 Å². The fourth-order valence-corrected chi connectivity index (χ4v) is 1.38. The summed E-state index contributed by atoms with van der Waals surface area (Å²) in [5, 5.41) is 9.16. The molecular formula is C11H7FN2. The van der Waals surface area contributed by atoms with Gasteiger partial charge in [0.25, 0.3) is 0 Å². The van der Waals surface area contributed by atoms with Gasteiger partial charge >= 0.3 is 0 Å². The Bertz CT molecular complexity index is 532. The summed E-state index contributed by atoms with van der Waals surface area (Å²) in [6.07, 6.45) is 4.77. The van der Waals surface area contributed by atoms with Gasteiger partial charge in [0.05, 0.1) is 6.07 Å². The summed E-state index contributed by atoms with van der Waals surface area (Å²) in [5.74, 6) is -0.274. The van der Waals surface area contributed by atoms with Gasteiger partial charge in [0.15, 0.2) is 0 Å². The highest BCUT2D eigenvalue weighted by Gasteiger charge is 2.01. The molecule has 1 aromatic heterocycles. The molecule has 0 amide bonds. The van der Waals surface area contributed by atoms with Gasteiger partial charge in [-0.05, 0) is 24.3 Å². The minimum atomic E-state index is -0.274. The van der Waals surface area contributed by atoms with Crippen LogP contribution in [0.15, 0.2) is 30.5 Å². The zero-order chi connectivity index (χ0) is 9.97. The van der Waals surface area contributed by atoms with Gasteiger partial charge in [-0.25, -0.2) is 4.39 Å². The van der Waals surface area contributed by atoms with Crippen LogP contribution in [0.5, 0.6) is 0 Å². The quantitative estimate of drug-likeness (QED) is 0.683. The predicted molar refractivity (Wildman–Crippen MR) is 52.9 cm³/mol. The van der Waals surface area contributed by atoms with E-state index in [1.165, 1.54) is 18.2 Å². The lowest BCUT2D eigenvalue weighted by Gasteiger charge is -1.91. The van der Waals surface area contributed by atoms with Crippen LogP contribution in [0.25, 0.3) is 17.0 Å². The van der Waals surface area contributed by atoms with E-state index in [2.05, 4.69) is 4.98 Å². The number of hydrogen-bond donors (Lipinski definition) is 1. The van der Waals surface area contributed by atoms with Crippen LogP contribution < -0.4 is 0 Å². The number of nitrogens with zero attached hydrogens (tertiary/aromatic N) is 1. The zero-order valence-corrected chi connectivity index (χ0v) is 7.29. The van der Waals surface area contributed by atoms with Crippen molar-refractivity contribution in [3.05, 3.63) is 41.9 Å². The molecule has 0 saturated heterocycles. The van der Waals surface area contributed by atoms with Crippen LogP contribution in [0.4, 0.5) is 4.39 Å². The molecule has 1 heterocycles. The number of nitriles is 1. The summed E-state index contributed by atoms with van der Waals surface area (Å²) in [6, 6.07) is 6.42. The first kappa shape index (κ1) is 8.52. The molecule has 0 atom stereocenters. The molecule has 0 aliphatic heterocycles. The van der Waals surface area contributed by atoms with Crippen molar-refractivity contribution < 1.29 is 4.39 Å². The molecule has 0 aliphatic rings. The van der Waals surface area contributed by atoms with Crippen molar-refractivity contribution in [3.63, 3.8) is 0 Å². The highest BCUT2D eigenvalue weighted by molar-refractivity contribution is 5.89. The highest BCUT2D eigenvalue weighted by Crippen LogP contribution is 2.20. The molecule has 2 rings (SSSR count). The molecule has 1 aromatic carbocycles. The maximum Gasteiger partial charge on any atom is 0.123 e. The summed E-state index contributed by atoms with van der Waals surface area (Å²) >= 11 is 0. The molecule has 14 heavy (non-hydrogen) atoms. The number of fused-ring (bicyclic) bond motifs is 1. The van der Waals surface area contributed by atoms with E-state index >= 15 is 0 Å². The topological polar surface area (TPSA) is 39.6 Å². The van der Waals surface area contributed by atoms with Crippen molar-refractivity contribution in [1.29, 1.82) is 5.26 Å². The van der Waals surface area contributed by atoms with E-state index in [-0.39, 0.29) is 5.82 Å². The van der Waals surface area contributed by atoms with Crippen LogP contribution >= 0.6 is 0 Å². The van der Waals surface area contributed by atoms with Crippen molar-refractivity contribution in [3.8, 4) is 6.07 Å². The third kappa shape index (κ3) is 1.38. The number of benzene rings is 1. The summed E-state index contributed by atoms with van der Waals surface area (Å²) < 4.78 is 12.9. The molecule has 68 valence electrons. The Hall–Kier alpha value is -2.08. The molecule has 0 bridgehead atoms. The average molecular weight is 186 g/mol. The molecule has 0 unspecified atom stereocenters. The molecule has 1 N–H and O–H groups in total. The van der Waals surface area contributed by atoms with E-state index in [1.54, 1.807) is 18.3 Å². The average Bonchev–Trinajstić information content (AvgIpc) is 2.57. The number of nitrogens with one attached hydrogen (secondary N) is 1. The van der Waals surface area contributed by atoms with Crippen LogP contribution in [0.2, 0.25) is 0 Å². The van der Waals surface area contributed by atoms with Gasteiger partial charge in [-0.3, -0.25) is 0 Å². The normalized spacial score (nSPS) is 10.9. The van der Waals surface area contributed by atoms with E-state index < -0.39 is 0 Å². The van der Waals surface area contributed by atoms with Crippen molar-refractivity contribution in [2.45, 2.75) is 0 Å². The number of aromatic nitrogens is 1. The number of rotatable bonds is 1. The molecular weight excluding hydrogens is 179 g/mol. The number of allylic oxidation sites excluding steroid dienone is 1. The maximum atomic E-state index is 12.9. The maximum absolute atomic E-state index is 12.9. The Labute approximate surface area is 80.3 Å². The summed E-state index contributed by atoms with van der Waals surface area (Å²) in [5.41, 5.74) is 1.69. The Kier molecular flexibility index (Phi) is 2.04. The third-order valence-electron chi connectivity index (χ3n) is 2.01. The van der Waals surface area contributed by atoms with Gasteiger partial charge in [0, 0.05) is 28.7 Å². The second-order valence-corrected chi connectivity index (χ2v) is 2.90. The van der Waals surface area contributed by atoms with Crippen LogP contribution in [-0.2, 0) is 0 Å². The fraction of sp³-hybridized carbons (Fsp3) is 0. The predicted octanol–water partition coefficient (Wildman–Crippen LogP) is 2.84. The first-order chi connectivity index (χ1) is 6.81. The van der Waals surface area contributed by atoms with Crippen LogP contribution in [0.3, 0.4) is 0 Å². The monoisotopic (exact) mass is 186 g/mol. The minimum absolute atomic E-state index is 0.274. The molecule has 0 fully saturated rings. The molecule has 2 aromatic rings. The molecule has 3 heteroatoms. The van der Waals surface area contributed by atoms with E-state index in [4.69, 9.17) is 5.26 Å². The number of aromatic amines is 1. The highest BCUT2D eigenvalue weighted by atomic mass is 19.1. The van der Waals surface area contributed by atoms with E-state index in [1.807, 2.05) is 6.07 Å². The number of halogens is 1. The van der Waals surface area contributed by atoms with E-state index in [0.717, 1.165) is 16.5 Å². The summed E-state index contributed by atoms with van der Waals surface area (Å²) in [6.45, 7) is 0. The van der Waals surface area contributed by atoms with E-state index in [0.29, 0.717) is 0 Å². The van der Waals surface area contributed by atoms with Crippen LogP contribution in [0.1, 0.15) is 5.56 Å². The van der Waals surface area contributed by atoms with Crippen molar-refractivity contribution in [2.75, 3.05) is 0 Å². The first-order valence-corrected chi connectivity index (χ1v) is 4.14. The standard InChI is InChI=1S/C11H7FN2/c12-9-3-4-11-10(6-9)8(7-14-11)2-1-5-13/h1-4,6-7,14H. The number of H-pyrrole nitrogens is 1. The zero-order valence-electron chi connectivity index (χ0n) is 7.29. The second kappa shape index (κ2) is 3.35. The van der Waals surface area contributed by atoms with Crippen molar-refractivity contribution in [1.82, 2.24) is 4.98 Å². The van der Waals surface area contributed by atoms with Crippen molar-refractivity contribution in [2.24, 2.45) is 0 Å². The van der Waals surface area contributed by atoms with E-state index in [9.17, 15) is 4.39 Å². The smallest absolute Gasteiger partial charge is 0.123 e. The molecule has 0 aliphatic carbocycles. The number of hydrogen-bond acceptors (Lipinski definition) is 1. The lowest BCUT2D eigenvalue weighted by Crippen LogP contribution is -1.73. The lowest BCUT2D eigenvalue weighted by molar-refractivity contribution is 0.629. The van der Waals surface area contributed by atoms with Crippen molar-refractivity contribution >= 4 is 17.0 Å². The lowest BCUT2D eigenvalue weighted by atomic mass is 10.1. The Morgan fingerprint density at radius 2 is 2.29 bits per heavy atom. The molecule has 0 radical (unpaired) electrons. The van der Waals surface area contributed by atoms with Gasteiger partial charge in [-0.15, -0.1) is 0 Å². The summed E-state index contributed by atoms with van der Waals surface area (Å²) in [7, 11) is 0. The second-order valence-electron chi connectivity index (χ2n) is 2.90. The van der Waals surface area contributed by atoms with Gasteiger partial charge in [-0.2, -0.15) is 5.26 Å². The Morgan fingerprint density at radius 1 is 1.43 bits per heavy atom. The SMILES string of the molecule is N#CC=Cc1c[nH]c2ccc(F)cc12. The third-order valence-corrected chi connectivity index (χ3v) is 2.01. The van der Waals surface area contributed by atoms with Gasteiger partial charge in [0.2, 0.25) is 0 Å². The fourth-order valence-electron chi connectivity index (χ4n) is 1.38. The Balaban J connectivity index is 2.62. The van der Waals surface area contributed by atoms with Crippen LogP contribution in [0, 0.1) is 17.1 Å². The Morgan fingerprint density at radius 3 is 3.07 bits per heavy atom. The molecule has 0 spiro atoms. The minimum Gasteiger partial charge on any atom is -0.361 e. The largest absolute Gasteiger partial charge is 0.361 e. The van der Waals surface area contributed by atoms with Gasteiger partial charge in [-0.1, -0.05) is 0 Å². The first-order valence-electron chi connectivity index (χ1n) is 4.14.